The topological polar surface area (TPSA) is 105 Å². The molecule has 2 atom stereocenters. The van der Waals surface area contributed by atoms with Crippen molar-refractivity contribution in [1.82, 2.24) is 4.48 Å². The standard InChI is InChI=1S/C22H18Br2N2O6S3/c1-2-12(7-18-25(11-21(27)28)14-10-17(24)33-22(14)34-18)8-19-26(6-5-20(26)35(29,30)31)15-9-13(23)3-4-16(15)32-19/h3-4,7-10,20H,2,5-6,11H2,1H3/p+2. The zero-order valence-corrected chi connectivity index (χ0v) is 23.9. The van der Waals surface area contributed by atoms with Crippen LogP contribution in [0.4, 0.5) is 5.69 Å². The van der Waals surface area contributed by atoms with Gasteiger partial charge in [0.05, 0.1) is 16.8 Å². The normalized spacial score (nSPS) is 23.0. The van der Waals surface area contributed by atoms with Crippen LogP contribution in [0.3, 0.4) is 0 Å². The number of benzene rings is 1. The number of carboxylic acid groups (broad SMARTS) is 1. The van der Waals surface area contributed by atoms with E-state index in [1.54, 1.807) is 22.0 Å². The third kappa shape index (κ3) is 4.30. The van der Waals surface area contributed by atoms with E-state index in [2.05, 4.69) is 31.9 Å². The first-order valence-electron chi connectivity index (χ1n) is 10.6. The Hall–Kier alpha value is -1.61. The molecule has 0 amide bonds. The van der Waals surface area contributed by atoms with Crippen LogP contribution in [0.2, 0.25) is 0 Å². The molecule has 184 valence electrons. The van der Waals surface area contributed by atoms with Crippen molar-refractivity contribution >= 4 is 91.9 Å². The molecule has 8 nitrogen and oxygen atoms in total. The molecule has 13 heteroatoms. The number of aliphatic carboxylic acids is 1. The minimum atomic E-state index is -4.34. The highest BCUT2D eigenvalue weighted by Gasteiger charge is 2.63. The molecule has 5 rings (SSSR count). The lowest BCUT2D eigenvalue weighted by atomic mass is 10.1. The molecule has 2 aromatic heterocycles. The molecular formula is C22H20Br2N2O6S3+2. The first-order chi connectivity index (χ1) is 16.5. The molecule has 2 N–H and O–H groups in total. The summed E-state index contributed by atoms with van der Waals surface area (Å²) in [6, 6.07) is 7.34. The fourth-order valence-corrected chi connectivity index (χ4v) is 9.39. The summed E-state index contributed by atoms with van der Waals surface area (Å²) in [6.07, 6.45) is 4.65. The van der Waals surface area contributed by atoms with E-state index < -0.39 is 21.5 Å². The minimum Gasteiger partial charge on any atom is -0.477 e. The average Bonchev–Trinajstić information content (AvgIpc) is 3.35. The lowest BCUT2D eigenvalue weighted by Crippen LogP contribution is -2.67. The molecule has 0 bridgehead atoms. The van der Waals surface area contributed by atoms with Gasteiger partial charge >= 0.3 is 22.0 Å². The monoisotopic (exact) mass is 662 g/mol. The summed E-state index contributed by atoms with van der Waals surface area (Å²) < 4.78 is 45.1. The number of quaternary nitrogens is 1. The fourth-order valence-electron chi connectivity index (χ4n) is 4.58. The predicted octanol–water partition coefficient (Wildman–Crippen LogP) is 5.51. The van der Waals surface area contributed by atoms with E-state index in [9.17, 15) is 22.9 Å². The number of nitrogens with zero attached hydrogens (tertiary/aromatic N) is 2. The second-order valence-electron chi connectivity index (χ2n) is 8.26. The lowest BCUT2D eigenvalue weighted by molar-refractivity contribution is -0.657. The summed E-state index contributed by atoms with van der Waals surface area (Å²) in [7, 11) is -4.34. The Morgan fingerprint density at radius 3 is 2.71 bits per heavy atom. The number of thiazole rings is 1. The van der Waals surface area contributed by atoms with Crippen LogP contribution in [0.15, 0.2) is 50.1 Å². The van der Waals surface area contributed by atoms with Crippen LogP contribution in [0.25, 0.3) is 15.6 Å². The molecule has 0 aliphatic carbocycles. The Morgan fingerprint density at radius 2 is 2.09 bits per heavy atom. The van der Waals surface area contributed by atoms with E-state index in [-0.39, 0.29) is 11.0 Å². The molecule has 4 heterocycles. The second-order valence-corrected chi connectivity index (χ2v) is 14.5. The summed E-state index contributed by atoms with van der Waals surface area (Å²) in [5, 5.41) is 9.19. The van der Waals surface area contributed by atoms with Gasteiger partial charge in [0.25, 0.3) is 5.01 Å². The van der Waals surface area contributed by atoms with E-state index in [0.29, 0.717) is 36.7 Å². The largest absolute Gasteiger partial charge is 0.477 e. The van der Waals surface area contributed by atoms with Crippen molar-refractivity contribution < 1.29 is 32.2 Å². The van der Waals surface area contributed by atoms with Gasteiger partial charge in [0.2, 0.25) is 17.4 Å². The number of thiophene rings is 1. The average molecular weight is 664 g/mol. The number of aromatic nitrogens is 1. The Balaban J connectivity index is 1.64. The SMILES string of the molecule is CCC(=Cc1sc2sc(Br)cc2[n+]1CC(=O)O)C=C1Oc2ccc(Br)cc2[N+]12CCC2S(=O)(=O)O. The molecule has 2 aliphatic heterocycles. The van der Waals surface area contributed by atoms with E-state index in [1.807, 2.05) is 37.3 Å². The van der Waals surface area contributed by atoms with Gasteiger partial charge in [-0.3, -0.25) is 4.55 Å². The number of allylic oxidation sites excluding steroid dienone is 2. The Bertz CT molecular complexity index is 1540. The van der Waals surface area contributed by atoms with Crippen molar-refractivity contribution in [3.05, 3.63) is 55.1 Å². The van der Waals surface area contributed by atoms with E-state index >= 15 is 0 Å². The molecule has 1 spiro atoms. The highest BCUT2D eigenvalue weighted by Crippen LogP contribution is 2.54. The van der Waals surface area contributed by atoms with Crippen LogP contribution in [0.5, 0.6) is 5.75 Å². The molecule has 1 aromatic carbocycles. The summed E-state index contributed by atoms with van der Waals surface area (Å²) in [6.45, 7) is 2.26. The van der Waals surface area contributed by atoms with Gasteiger partial charge in [-0.2, -0.15) is 13.0 Å². The van der Waals surface area contributed by atoms with Crippen molar-refractivity contribution in [2.24, 2.45) is 0 Å². The molecule has 0 saturated carbocycles. The smallest absolute Gasteiger partial charge is 0.370 e. The van der Waals surface area contributed by atoms with Crippen LogP contribution in [-0.2, 0) is 21.5 Å². The maximum atomic E-state index is 12.3. The molecule has 2 aliphatic rings. The van der Waals surface area contributed by atoms with Crippen molar-refractivity contribution in [2.45, 2.75) is 31.7 Å². The first kappa shape index (κ1) is 25.1. The maximum Gasteiger partial charge on any atom is 0.370 e. The number of halogens is 2. The van der Waals surface area contributed by atoms with Crippen LogP contribution < -0.4 is 13.8 Å². The van der Waals surface area contributed by atoms with Gasteiger partial charge in [-0.15, -0.1) is 11.3 Å². The Kier molecular flexibility index (Phi) is 6.48. The van der Waals surface area contributed by atoms with Gasteiger partial charge in [0.1, 0.15) is 0 Å². The number of fused-ring (bicyclic) bond motifs is 3. The maximum absolute atomic E-state index is 12.3. The molecule has 0 radical (unpaired) electrons. The minimum absolute atomic E-state index is 0.105. The molecule has 1 saturated heterocycles. The summed E-state index contributed by atoms with van der Waals surface area (Å²) in [5.74, 6) is 0.0287. The van der Waals surface area contributed by atoms with Crippen LogP contribution in [-0.4, -0.2) is 36.0 Å². The molecule has 2 unspecified atom stereocenters. The zero-order valence-electron chi connectivity index (χ0n) is 18.3. The quantitative estimate of drug-likeness (QED) is 0.205. The van der Waals surface area contributed by atoms with Gasteiger partial charge in [-0.1, -0.05) is 34.2 Å². The van der Waals surface area contributed by atoms with E-state index in [0.717, 1.165) is 28.4 Å². The van der Waals surface area contributed by atoms with E-state index in [1.165, 1.54) is 11.3 Å². The first-order valence-corrected chi connectivity index (χ1v) is 15.3. The molecular weight excluding hydrogens is 644 g/mol. The van der Waals surface area contributed by atoms with Gasteiger partial charge in [-0.05, 0) is 40.1 Å². The molecule has 1 fully saturated rings. The van der Waals surface area contributed by atoms with Crippen molar-refractivity contribution in [3.8, 4) is 5.75 Å². The summed E-state index contributed by atoms with van der Waals surface area (Å²) >= 11 is 9.96. The highest BCUT2D eigenvalue weighted by atomic mass is 79.9. The van der Waals surface area contributed by atoms with Gasteiger partial charge in [0.15, 0.2) is 15.5 Å². The van der Waals surface area contributed by atoms with Crippen LogP contribution in [0.1, 0.15) is 24.8 Å². The van der Waals surface area contributed by atoms with Gasteiger partial charge < -0.3 is 9.84 Å². The Morgan fingerprint density at radius 1 is 1.31 bits per heavy atom. The number of ether oxygens (including phenoxy) is 1. The number of hydrogen-bond acceptors (Lipinski definition) is 6. The third-order valence-corrected chi connectivity index (χ3v) is 10.9. The Labute approximate surface area is 226 Å². The van der Waals surface area contributed by atoms with Crippen molar-refractivity contribution in [2.75, 3.05) is 6.54 Å². The summed E-state index contributed by atoms with van der Waals surface area (Å²) in [4.78, 5) is 11.6. The zero-order chi connectivity index (χ0) is 25.1. The molecule has 3 aromatic rings. The summed E-state index contributed by atoms with van der Waals surface area (Å²) in [5.41, 5.74) is 2.37. The fraction of sp³-hybridized carbons (Fsp3) is 0.273. The van der Waals surface area contributed by atoms with E-state index in [4.69, 9.17) is 4.74 Å². The number of carbonyl (C=O) groups is 1. The number of carboxylic acids is 1. The van der Waals surface area contributed by atoms with Crippen molar-refractivity contribution in [1.29, 1.82) is 0 Å². The number of rotatable bonds is 6. The number of hydrogen-bond donors (Lipinski definition) is 2. The van der Waals surface area contributed by atoms with Crippen molar-refractivity contribution in [3.63, 3.8) is 0 Å². The third-order valence-electron chi connectivity index (χ3n) is 6.25. The lowest BCUT2D eigenvalue weighted by Gasteiger charge is -2.45. The van der Waals surface area contributed by atoms with Gasteiger partial charge in [-0.25, -0.2) is 9.28 Å². The highest BCUT2D eigenvalue weighted by molar-refractivity contribution is 9.11. The second kappa shape index (κ2) is 9.05. The van der Waals surface area contributed by atoms with Crippen LogP contribution >= 0.6 is 54.5 Å². The van der Waals surface area contributed by atoms with Crippen LogP contribution in [0, 0.1) is 0 Å². The predicted molar refractivity (Wildman–Crippen MR) is 143 cm³/mol. The van der Waals surface area contributed by atoms with Gasteiger partial charge in [0, 0.05) is 28.8 Å². The molecule has 35 heavy (non-hydrogen) atoms.